The van der Waals surface area contributed by atoms with Gasteiger partial charge in [0.25, 0.3) is 0 Å². The molecule has 0 amide bonds. The van der Waals surface area contributed by atoms with Crippen molar-refractivity contribution < 1.29 is 23.5 Å². The van der Waals surface area contributed by atoms with Gasteiger partial charge in [-0.1, -0.05) is 12.1 Å². The van der Waals surface area contributed by atoms with Crippen LogP contribution in [0.4, 0.5) is 5.88 Å². The lowest BCUT2D eigenvalue weighted by molar-refractivity contribution is -0.190. The fourth-order valence-corrected chi connectivity index (χ4v) is 3.45. The number of fused-ring (bicyclic) bond motifs is 4. The maximum Gasteiger partial charge on any atom is 0.225 e. The number of nitrogens with zero attached hydrogens (tertiary/aromatic N) is 1. The third kappa shape index (κ3) is 1.99. The van der Waals surface area contributed by atoms with Gasteiger partial charge < -0.3 is 28.8 Å². The summed E-state index contributed by atoms with van der Waals surface area (Å²) in [5.74, 6) is -0.0673. The van der Waals surface area contributed by atoms with Crippen molar-refractivity contribution in [3.63, 3.8) is 0 Å². The number of ether oxygens (including phenoxy) is 4. The topological polar surface area (TPSA) is 75.0 Å². The predicted molar refractivity (Wildman–Crippen MR) is 71.6 cm³/mol. The minimum Gasteiger partial charge on any atom is -0.347 e. The average Bonchev–Trinajstić information content (AvgIpc) is 3.13. The van der Waals surface area contributed by atoms with Crippen molar-refractivity contribution in [3.8, 4) is 0 Å². The van der Waals surface area contributed by atoms with Gasteiger partial charge in [-0.25, -0.2) is 0 Å². The van der Waals surface area contributed by atoms with E-state index in [-0.39, 0.29) is 24.5 Å². The summed E-state index contributed by atoms with van der Waals surface area (Å²) in [4.78, 5) is 0. The maximum atomic E-state index is 6.15. The third-order valence-corrected chi connectivity index (χ3v) is 4.48. The highest BCUT2D eigenvalue weighted by atomic mass is 16.8. The molecule has 4 heterocycles. The van der Waals surface area contributed by atoms with Gasteiger partial charge in [0, 0.05) is 6.07 Å². The molecule has 3 aliphatic heterocycles. The van der Waals surface area contributed by atoms with Gasteiger partial charge in [0.1, 0.15) is 23.9 Å². The quantitative estimate of drug-likeness (QED) is 0.906. The van der Waals surface area contributed by atoms with E-state index in [1.54, 1.807) is 12.3 Å². The van der Waals surface area contributed by atoms with Crippen LogP contribution in [0, 0.1) is 0 Å². The first-order chi connectivity index (χ1) is 10.0. The Bertz CT molecular complexity index is 519. The van der Waals surface area contributed by atoms with Crippen molar-refractivity contribution in [1.29, 1.82) is 0 Å². The molecule has 3 saturated heterocycles. The average molecular weight is 296 g/mol. The maximum absolute atomic E-state index is 6.15. The zero-order chi connectivity index (χ0) is 14.7. The van der Waals surface area contributed by atoms with Crippen LogP contribution in [0.1, 0.15) is 27.2 Å². The molecule has 116 valence electrons. The second-order valence-electron chi connectivity index (χ2n) is 6.28. The van der Waals surface area contributed by atoms with Crippen LogP contribution >= 0.6 is 0 Å². The van der Waals surface area contributed by atoms with E-state index in [0.29, 0.717) is 12.5 Å². The van der Waals surface area contributed by atoms with Gasteiger partial charge in [-0.3, -0.25) is 0 Å². The van der Waals surface area contributed by atoms with Crippen LogP contribution in [0.25, 0.3) is 0 Å². The summed E-state index contributed by atoms with van der Waals surface area (Å²) in [6.07, 6.45) is 1.70. The Labute approximate surface area is 122 Å². The Morgan fingerprint density at radius 2 is 2.19 bits per heavy atom. The van der Waals surface area contributed by atoms with Gasteiger partial charge in [0.2, 0.25) is 5.88 Å². The number of anilines is 1. The molecule has 1 aromatic rings. The molecule has 0 saturated carbocycles. The molecule has 3 fully saturated rings. The van der Waals surface area contributed by atoms with Crippen molar-refractivity contribution in [2.75, 3.05) is 11.9 Å². The number of aromatic nitrogens is 1. The number of nitrogens with one attached hydrogen (secondary N) is 1. The molecule has 0 radical (unpaired) electrons. The van der Waals surface area contributed by atoms with Crippen LogP contribution in [-0.4, -0.2) is 47.7 Å². The molecule has 3 aliphatic rings. The Balaban J connectivity index is 1.66. The predicted octanol–water partition coefficient (Wildman–Crippen LogP) is 1.51. The van der Waals surface area contributed by atoms with Crippen LogP contribution in [0.15, 0.2) is 16.8 Å². The summed E-state index contributed by atoms with van der Waals surface area (Å²) < 4.78 is 29.3. The van der Waals surface area contributed by atoms with E-state index in [1.807, 2.05) is 13.8 Å². The molecule has 1 unspecified atom stereocenters. The molecule has 1 aromatic heterocycles. The second-order valence-corrected chi connectivity index (χ2v) is 6.28. The first kappa shape index (κ1) is 13.5. The van der Waals surface area contributed by atoms with Crippen molar-refractivity contribution in [1.82, 2.24) is 5.16 Å². The molecule has 0 spiro atoms. The molecule has 4 rings (SSSR count). The lowest BCUT2D eigenvalue weighted by Crippen LogP contribution is -2.61. The normalized spacial score (nSPS) is 43.8. The van der Waals surface area contributed by atoms with Gasteiger partial charge in [-0.05, 0) is 20.3 Å². The monoisotopic (exact) mass is 296 g/mol. The van der Waals surface area contributed by atoms with Crippen LogP contribution in [-0.2, 0) is 18.9 Å². The highest BCUT2D eigenvalue weighted by molar-refractivity contribution is 5.32. The van der Waals surface area contributed by atoms with Crippen molar-refractivity contribution in [2.45, 2.75) is 63.1 Å². The molecule has 0 aliphatic carbocycles. The smallest absolute Gasteiger partial charge is 0.225 e. The van der Waals surface area contributed by atoms with E-state index < -0.39 is 11.4 Å². The first-order valence-corrected chi connectivity index (χ1v) is 7.35. The summed E-state index contributed by atoms with van der Waals surface area (Å²) in [5.41, 5.74) is -0.428. The molecular formula is C14H20N2O5. The standard InChI is InChI=1S/C14H20N2O5/c1-4-14-7-17-12(20-14)9(16-8-5-6-15-21-8)10-11(14)19-13(2,3)18-10/h5-6,9-12,16H,4,7H2,1-3H3/t9-,10-,11-,12?,14+/m1/s1. The summed E-state index contributed by atoms with van der Waals surface area (Å²) in [7, 11) is 0. The summed E-state index contributed by atoms with van der Waals surface area (Å²) in [6, 6.07) is 1.55. The fourth-order valence-electron chi connectivity index (χ4n) is 3.45. The second kappa shape index (κ2) is 4.42. The number of rotatable bonds is 3. The Morgan fingerprint density at radius 1 is 1.33 bits per heavy atom. The molecular weight excluding hydrogens is 276 g/mol. The largest absolute Gasteiger partial charge is 0.347 e. The zero-order valence-electron chi connectivity index (χ0n) is 12.4. The van der Waals surface area contributed by atoms with Crippen LogP contribution in [0.2, 0.25) is 0 Å². The van der Waals surface area contributed by atoms with Crippen molar-refractivity contribution in [3.05, 3.63) is 12.3 Å². The van der Waals surface area contributed by atoms with E-state index in [1.165, 1.54) is 0 Å². The summed E-state index contributed by atoms with van der Waals surface area (Å²) in [6.45, 7) is 6.45. The van der Waals surface area contributed by atoms with Crippen LogP contribution in [0.5, 0.6) is 0 Å². The fraction of sp³-hybridized carbons (Fsp3) is 0.786. The van der Waals surface area contributed by atoms with E-state index in [0.717, 1.165) is 6.42 Å². The van der Waals surface area contributed by atoms with E-state index in [9.17, 15) is 0 Å². The highest BCUT2D eigenvalue weighted by Gasteiger charge is 2.65. The summed E-state index contributed by atoms with van der Waals surface area (Å²) in [5, 5.41) is 6.96. The molecule has 1 N–H and O–H groups in total. The van der Waals surface area contributed by atoms with Crippen molar-refractivity contribution >= 4 is 5.88 Å². The summed E-state index contributed by atoms with van der Waals surface area (Å²) >= 11 is 0. The number of hydrogen-bond acceptors (Lipinski definition) is 7. The third-order valence-electron chi connectivity index (χ3n) is 4.48. The van der Waals surface area contributed by atoms with Gasteiger partial charge in [-0.15, -0.1) is 0 Å². The number of hydrogen-bond donors (Lipinski definition) is 1. The Kier molecular flexibility index (Phi) is 2.85. The Morgan fingerprint density at radius 3 is 2.90 bits per heavy atom. The van der Waals surface area contributed by atoms with Crippen LogP contribution in [0.3, 0.4) is 0 Å². The minimum atomic E-state index is -0.632. The van der Waals surface area contributed by atoms with E-state index in [2.05, 4.69) is 17.4 Å². The molecule has 21 heavy (non-hydrogen) atoms. The molecule has 7 nitrogen and oxygen atoms in total. The minimum absolute atomic E-state index is 0.161. The molecule has 2 bridgehead atoms. The molecule has 7 heteroatoms. The van der Waals surface area contributed by atoms with E-state index in [4.69, 9.17) is 23.5 Å². The zero-order valence-corrected chi connectivity index (χ0v) is 12.4. The van der Waals surface area contributed by atoms with Gasteiger partial charge in [-0.2, -0.15) is 0 Å². The first-order valence-electron chi connectivity index (χ1n) is 7.35. The lowest BCUT2D eigenvalue weighted by Gasteiger charge is -2.41. The van der Waals surface area contributed by atoms with Crippen molar-refractivity contribution in [2.24, 2.45) is 0 Å². The van der Waals surface area contributed by atoms with Gasteiger partial charge in [0.15, 0.2) is 12.1 Å². The van der Waals surface area contributed by atoms with Crippen LogP contribution < -0.4 is 5.32 Å². The van der Waals surface area contributed by atoms with Gasteiger partial charge in [0.05, 0.1) is 12.8 Å². The SMILES string of the molecule is CC[C@@]12COC(O1)[C@H](Nc1ccno1)[C@H]1OC(C)(C)O[C@H]12. The molecule has 0 aromatic carbocycles. The molecule has 5 atom stereocenters. The van der Waals surface area contributed by atoms with Gasteiger partial charge >= 0.3 is 0 Å². The lowest BCUT2D eigenvalue weighted by atomic mass is 9.86. The highest BCUT2D eigenvalue weighted by Crippen LogP contribution is 2.48. The van der Waals surface area contributed by atoms with E-state index >= 15 is 0 Å². The Hall–Kier alpha value is -1.15.